The molecule has 1 amide bonds. The molecule has 2 rings (SSSR count). The van der Waals surface area contributed by atoms with Crippen molar-refractivity contribution < 1.29 is 4.79 Å². The van der Waals surface area contributed by atoms with Crippen LogP contribution in [0.15, 0.2) is 30.3 Å². The summed E-state index contributed by atoms with van der Waals surface area (Å²) in [6.45, 7) is 4.30. The Labute approximate surface area is 116 Å². The summed E-state index contributed by atoms with van der Waals surface area (Å²) >= 11 is 0. The lowest BCUT2D eigenvalue weighted by Gasteiger charge is -2.37. The lowest BCUT2D eigenvalue weighted by atomic mass is 9.95. The van der Waals surface area contributed by atoms with Gasteiger partial charge in [-0.2, -0.15) is 0 Å². The Kier molecular flexibility index (Phi) is 4.59. The predicted octanol–water partition coefficient (Wildman–Crippen LogP) is 2.55. The summed E-state index contributed by atoms with van der Waals surface area (Å²) in [5.41, 5.74) is 1.11. The number of hydrogen-bond donors (Lipinski definition) is 0. The topological polar surface area (TPSA) is 23.6 Å². The van der Waals surface area contributed by atoms with Crippen molar-refractivity contribution in [2.24, 2.45) is 5.92 Å². The molecule has 104 valence electrons. The number of carbonyl (C=O) groups is 1. The molecule has 1 aliphatic rings. The number of carbonyl (C=O) groups excluding carboxylic acids is 1. The summed E-state index contributed by atoms with van der Waals surface area (Å²) in [5, 5.41) is 0. The maximum atomic E-state index is 12.5. The number of piperidine rings is 1. The second-order valence-corrected chi connectivity index (χ2v) is 5.79. The van der Waals surface area contributed by atoms with E-state index in [1.807, 2.05) is 32.3 Å². The van der Waals surface area contributed by atoms with E-state index >= 15 is 0 Å². The van der Waals surface area contributed by atoms with Crippen molar-refractivity contribution in [2.45, 2.75) is 25.8 Å². The zero-order valence-electron chi connectivity index (χ0n) is 12.2. The van der Waals surface area contributed by atoms with Gasteiger partial charge in [0, 0.05) is 20.6 Å². The second-order valence-electron chi connectivity index (χ2n) is 5.79. The highest BCUT2D eigenvalue weighted by molar-refractivity contribution is 5.82. The van der Waals surface area contributed by atoms with E-state index in [2.05, 4.69) is 24.0 Å². The zero-order valence-corrected chi connectivity index (χ0v) is 12.2. The molecule has 1 heterocycles. The lowest BCUT2D eigenvalue weighted by molar-refractivity contribution is -0.135. The summed E-state index contributed by atoms with van der Waals surface area (Å²) in [6, 6.07) is 10.0. The fourth-order valence-electron chi connectivity index (χ4n) is 2.85. The summed E-state index contributed by atoms with van der Waals surface area (Å²) < 4.78 is 0. The predicted molar refractivity (Wildman–Crippen MR) is 77.8 cm³/mol. The van der Waals surface area contributed by atoms with Crippen molar-refractivity contribution in [1.29, 1.82) is 0 Å². The summed E-state index contributed by atoms with van der Waals surface area (Å²) in [6.07, 6.45) is 2.46. The van der Waals surface area contributed by atoms with Crippen LogP contribution in [0.2, 0.25) is 0 Å². The van der Waals surface area contributed by atoms with Crippen molar-refractivity contribution in [1.82, 2.24) is 9.80 Å². The average molecular weight is 260 g/mol. The highest BCUT2D eigenvalue weighted by Crippen LogP contribution is 2.27. The second kappa shape index (κ2) is 6.20. The Bertz CT molecular complexity index is 416. The molecule has 3 nitrogen and oxygen atoms in total. The molecular weight excluding hydrogens is 236 g/mol. The van der Waals surface area contributed by atoms with Gasteiger partial charge in [0.25, 0.3) is 0 Å². The van der Waals surface area contributed by atoms with Crippen LogP contribution in [0.1, 0.15) is 31.4 Å². The first-order valence-electron chi connectivity index (χ1n) is 7.09. The van der Waals surface area contributed by atoms with Gasteiger partial charge in [-0.3, -0.25) is 9.69 Å². The zero-order chi connectivity index (χ0) is 13.8. The minimum atomic E-state index is -0.126. The molecule has 19 heavy (non-hydrogen) atoms. The molecule has 0 bridgehead atoms. The van der Waals surface area contributed by atoms with Crippen LogP contribution in [-0.2, 0) is 4.79 Å². The van der Waals surface area contributed by atoms with Crippen LogP contribution in [0.5, 0.6) is 0 Å². The highest BCUT2D eigenvalue weighted by atomic mass is 16.2. The number of rotatable bonds is 3. The van der Waals surface area contributed by atoms with E-state index < -0.39 is 0 Å². The number of benzene rings is 1. The van der Waals surface area contributed by atoms with Gasteiger partial charge >= 0.3 is 0 Å². The van der Waals surface area contributed by atoms with Gasteiger partial charge in [-0.05, 0) is 30.9 Å². The lowest BCUT2D eigenvalue weighted by Crippen LogP contribution is -2.44. The molecule has 1 aliphatic heterocycles. The van der Waals surface area contributed by atoms with Gasteiger partial charge in [0.2, 0.25) is 5.91 Å². The molecular formula is C16H24N2O. The molecule has 1 aromatic rings. The SMILES string of the molecule is C[C@H]1CCCN([C@H](C(=O)N(C)C)c2ccccc2)C1. The van der Waals surface area contributed by atoms with E-state index in [0.717, 1.165) is 18.7 Å². The van der Waals surface area contributed by atoms with Gasteiger partial charge in [-0.1, -0.05) is 37.3 Å². The van der Waals surface area contributed by atoms with E-state index in [9.17, 15) is 4.79 Å². The van der Waals surface area contributed by atoms with Crippen molar-refractivity contribution in [3.05, 3.63) is 35.9 Å². The van der Waals surface area contributed by atoms with Crippen molar-refractivity contribution in [3.8, 4) is 0 Å². The van der Waals surface area contributed by atoms with Gasteiger partial charge in [0.05, 0.1) is 0 Å². The van der Waals surface area contributed by atoms with Crippen LogP contribution < -0.4 is 0 Å². The van der Waals surface area contributed by atoms with E-state index in [-0.39, 0.29) is 11.9 Å². The van der Waals surface area contributed by atoms with E-state index in [4.69, 9.17) is 0 Å². The Morgan fingerprint density at radius 1 is 1.32 bits per heavy atom. The number of likely N-dealkylation sites (N-methyl/N-ethyl adjacent to an activating group) is 1. The minimum Gasteiger partial charge on any atom is -0.347 e. The third-order valence-corrected chi connectivity index (χ3v) is 3.84. The molecule has 2 atom stereocenters. The van der Waals surface area contributed by atoms with Crippen LogP contribution in [0.3, 0.4) is 0 Å². The Morgan fingerprint density at radius 2 is 2.00 bits per heavy atom. The molecule has 0 spiro atoms. The third kappa shape index (κ3) is 3.35. The first-order valence-corrected chi connectivity index (χ1v) is 7.09. The van der Waals surface area contributed by atoms with Crippen LogP contribution >= 0.6 is 0 Å². The van der Waals surface area contributed by atoms with Crippen molar-refractivity contribution in [2.75, 3.05) is 27.2 Å². The van der Waals surface area contributed by atoms with E-state index in [1.165, 1.54) is 12.8 Å². The largest absolute Gasteiger partial charge is 0.347 e. The van der Waals surface area contributed by atoms with Crippen LogP contribution in [0.25, 0.3) is 0 Å². The molecule has 0 N–H and O–H groups in total. The Balaban J connectivity index is 2.26. The molecule has 3 heteroatoms. The van der Waals surface area contributed by atoms with E-state index in [0.29, 0.717) is 5.92 Å². The van der Waals surface area contributed by atoms with Gasteiger partial charge in [-0.25, -0.2) is 0 Å². The number of likely N-dealkylation sites (tertiary alicyclic amines) is 1. The van der Waals surface area contributed by atoms with Gasteiger partial charge in [0.15, 0.2) is 0 Å². The Morgan fingerprint density at radius 3 is 2.58 bits per heavy atom. The molecule has 0 saturated carbocycles. The fraction of sp³-hybridized carbons (Fsp3) is 0.562. The smallest absolute Gasteiger partial charge is 0.244 e. The van der Waals surface area contributed by atoms with Gasteiger partial charge in [0.1, 0.15) is 6.04 Å². The first kappa shape index (κ1) is 14.1. The van der Waals surface area contributed by atoms with E-state index in [1.54, 1.807) is 4.90 Å². The molecule has 0 radical (unpaired) electrons. The molecule has 0 unspecified atom stereocenters. The summed E-state index contributed by atoms with van der Waals surface area (Å²) in [5.74, 6) is 0.857. The molecule has 0 aliphatic carbocycles. The maximum Gasteiger partial charge on any atom is 0.244 e. The average Bonchev–Trinajstić information content (AvgIpc) is 2.40. The summed E-state index contributed by atoms with van der Waals surface area (Å²) in [7, 11) is 3.68. The first-order chi connectivity index (χ1) is 9.09. The number of amides is 1. The normalized spacial score (nSPS) is 21.9. The molecule has 1 fully saturated rings. The van der Waals surface area contributed by atoms with Gasteiger partial charge < -0.3 is 4.90 Å². The fourth-order valence-corrected chi connectivity index (χ4v) is 2.85. The number of hydrogen-bond acceptors (Lipinski definition) is 2. The Hall–Kier alpha value is -1.35. The number of nitrogens with zero attached hydrogens (tertiary/aromatic N) is 2. The van der Waals surface area contributed by atoms with Crippen LogP contribution in [0, 0.1) is 5.92 Å². The molecule has 1 saturated heterocycles. The van der Waals surface area contributed by atoms with Crippen molar-refractivity contribution >= 4 is 5.91 Å². The van der Waals surface area contributed by atoms with Crippen molar-refractivity contribution in [3.63, 3.8) is 0 Å². The standard InChI is InChI=1S/C16H24N2O/c1-13-8-7-11-18(12-13)15(16(19)17(2)3)14-9-5-4-6-10-14/h4-6,9-10,13,15H,7-8,11-12H2,1-3H3/t13-,15-/m0/s1. The molecule has 1 aromatic carbocycles. The highest BCUT2D eigenvalue weighted by Gasteiger charge is 2.31. The molecule has 0 aromatic heterocycles. The third-order valence-electron chi connectivity index (χ3n) is 3.84. The monoisotopic (exact) mass is 260 g/mol. The maximum absolute atomic E-state index is 12.5. The van der Waals surface area contributed by atoms with Crippen LogP contribution in [-0.4, -0.2) is 42.9 Å². The minimum absolute atomic E-state index is 0.126. The van der Waals surface area contributed by atoms with Gasteiger partial charge in [-0.15, -0.1) is 0 Å². The quantitative estimate of drug-likeness (QED) is 0.834. The summed E-state index contributed by atoms with van der Waals surface area (Å²) in [4.78, 5) is 16.6. The van der Waals surface area contributed by atoms with Crippen LogP contribution in [0.4, 0.5) is 0 Å².